The molecule has 154 valence electrons. The Hall–Kier alpha value is -1.42. The average molecular weight is 515 g/mol. The molecule has 6 nitrogen and oxygen atoms in total. The molecule has 1 heterocycles. The highest BCUT2D eigenvalue weighted by Gasteiger charge is 2.25. The number of nitrogens with one attached hydrogen (secondary N) is 2. The Balaban J connectivity index is 0.00000280. The van der Waals surface area contributed by atoms with Crippen LogP contribution in [0.2, 0.25) is 0 Å². The smallest absolute Gasteiger partial charge is 0.191 e. The number of aromatic nitrogens is 2. The molecule has 28 heavy (non-hydrogen) atoms. The van der Waals surface area contributed by atoms with Gasteiger partial charge in [-0.1, -0.05) is 25.5 Å². The third-order valence-corrected chi connectivity index (χ3v) is 6.75. The van der Waals surface area contributed by atoms with Crippen LogP contribution in [-0.2, 0) is 17.3 Å². The Kier molecular flexibility index (Phi) is 9.43. The summed E-state index contributed by atoms with van der Waals surface area (Å²) in [7, 11) is 1.09. The number of rotatable bonds is 6. The lowest BCUT2D eigenvalue weighted by atomic mass is 9.95. The third kappa shape index (κ3) is 6.30. The molecule has 1 fully saturated rings. The monoisotopic (exact) mass is 515 g/mol. The van der Waals surface area contributed by atoms with E-state index in [1.165, 1.54) is 5.56 Å². The highest BCUT2D eigenvalue weighted by molar-refractivity contribution is 14.0. The minimum atomic E-state index is -0.707. The topological polar surface area (TPSA) is 71.3 Å². The quantitative estimate of drug-likeness (QED) is 0.352. The zero-order valence-corrected chi connectivity index (χ0v) is 19.7. The Morgan fingerprint density at radius 1 is 1.32 bits per heavy atom. The molecule has 0 saturated heterocycles. The van der Waals surface area contributed by atoms with E-state index in [-0.39, 0.29) is 24.0 Å². The first-order chi connectivity index (χ1) is 13.2. The standard InChI is InChI=1S/C20H29N5OS.HI/c1-3-27(26)19-7-4-6-17(14-19)24-20(21-2)22-15-16-8-10-18(11-9-16)25-13-5-12-23-25;/h5,8-13,17,19H,3-4,6-7,14-15H2,1-2H3,(H2,21,22,24);1H. The summed E-state index contributed by atoms with van der Waals surface area (Å²) in [6.07, 6.45) is 7.97. The van der Waals surface area contributed by atoms with Crippen molar-refractivity contribution in [1.82, 2.24) is 20.4 Å². The lowest BCUT2D eigenvalue weighted by molar-refractivity contribution is 0.413. The van der Waals surface area contributed by atoms with Crippen molar-refractivity contribution in [2.45, 2.75) is 50.4 Å². The van der Waals surface area contributed by atoms with E-state index in [9.17, 15) is 4.21 Å². The SMILES string of the molecule is CCS(=O)C1CCCC(NC(=NC)NCc2ccc(-n3cccn3)cc2)C1.I. The van der Waals surface area contributed by atoms with Crippen molar-refractivity contribution >= 4 is 40.7 Å². The zero-order valence-electron chi connectivity index (χ0n) is 16.5. The number of halogens is 1. The summed E-state index contributed by atoms with van der Waals surface area (Å²) in [6.45, 7) is 2.71. The number of hydrogen-bond donors (Lipinski definition) is 2. The van der Waals surface area contributed by atoms with Crippen molar-refractivity contribution in [2.24, 2.45) is 4.99 Å². The third-order valence-electron chi connectivity index (χ3n) is 5.01. The molecule has 3 rings (SSSR count). The second kappa shape index (κ2) is 11.5. The largest absolute Gasteiger partial charge is 0.354 e. The number of nitrogens with zero attached hydrogens (tertiary/aromatic N) is 3. The van der Waals surface area contributed by atoms with Gasteiger partial charge >= 0.3 is 0 Å². The molecule has 3 unspecified atom stereocenters. The van der Waals surface area contributed by atoms with Crippen LogP contribution < -0.4 is 10.6 Å². The van der Waals surface area contributed by atoms with Gasteiger partial charge in [0.05, 0.1) is 5.69 Å². The Morgan fingerprint density at radius 2 is 2.11 bits per heavy atom. The van der Waals surface area contributed by atoms with Crippen LogP contribution in [-0.4, -0.2) is 44.0 Å². The molecule has 0 bridgehead atoms. The van der Waals surface area contributed by atoms with E-state index in [1.807, 2.05) is 23.9 Å². The maximum atomic E-state index is 12.1. The number of benzene rings is 1. The summed E-state index contributed by atoms with van der Waals surface area (Å²) in [4.78, 5) is 4.35. The van der Waals surface area contributed by atoms with Gasteiger partial charge in [0.2, 0.25) is 0 Å². The van der Waals surface area contributed by atoms with E-state index in [2.05, 4.69) is 45.0 Å². The number of guanidine groups is 1. The first-order valence-electron chi connectivity index (χ1n) is 9.63. The maximum Gasteiger partial charge on any atom is 0.191 e. The van der Waals surface area contributed by atoms with Crippen LogP contribution in [0.5, 0.6) is 0 Å². The van der Waals surface area contributed by atoms with E-state index in [1.54, 1.807) is 13.2 Å². The van der Waals surface area contributed by atoms with Crippen molar-refractivity contribution in [1.29, 1.82) is 0 Å². The van der Waals surface area contributed by atoms with Gasteiger partial charge in [0, 0.05) is 53.8 Å². The first kappa shape index (κ1) is 22.9. The van der Waals surface area contributed by atoms with E-state index in [4.69, 9.17) is 0 Å². The molecule has 1 aromatic carbocycles. The van der Waals surface area contributed by atoms with Gasteiger partial charge in [-0.15, -0.1) is 24.0 Å². The molecule has 0 amide bonds. The van der Waals surface area contributed by atoms with Crippen LogP contribution in [0.15, 0.2) is 47.7 Å². The fourth-order valence-electron chi connectivity index (χ4n) is 3.51. The first-order valence-corrected chi connectivity index (χ1v) is 11.0. The molecule has 3 atom stereocenters. The molecule has 1 aromatic heterocycles. The predicted molar refractivity (Wildman–Crippen MR) is 127 cm³/mol. The fraction of sp³-hybridized carbons (Fsp3) is 0.500. The fourth-order valence-corrected chi connectivity index (χ4v) is 4.86. The minimum absolute atomic E-state index is 0. The highest BCUT2D eigenvalue weighted by Crippen LogP contribution is 2.23. The number of hydrogen-bond acceptors (Lipinski definition) is 3. The number of aliphatic imine (C=N–C) groups is 1. The highest BCUT2D eigenvalue weighted by atomic mass is 127. The van der Waals surface area contributed by atoms with Gasteiger partial charge < -0.3 is 10.6 Å². The normalized spacial score (nSPS) is 20.9. The Bertz CT molecular complexity index is 763. The maximum absolute atomic E-state index is 12.1. The lowest BCUT2D eigenvalue weighted by Crippen LogP contribution is -2.46. The van der Waals surface area contributed by atoms with Crippen molar-refractivity contribution in [2.75, 3.05) is 12.8 Å². The molecule has 0 aliphatic heterocycles. The van der Waals surface area contributed by atoms with Crippen LogP contribution >= 0.6 is 24.0 Å². The van der Waals surface area contributed by atoms with E-state index >= 15 is 0 Å². The molecule has 1 aliphatic rings. The van der Waals surface area contributed by atoms with E-state index in [0.29, 0.717) is 17.8 Å². The van der Waals surface area contributed by atoms with Gasteiger partial charge in [-0.25, -0.2) is 4.68 Å². The van der Waals surface area contributed by atoms with Crippen LogP contribution in [0.25, 0.3) is 5.69 Å². The predicted octanol–water partition coefficient (Wildman–Crippen LogP) is 3.24. The van der Waals surface area contributed by atoms with E-state index in [0.717, 1.165) is 43.1 Å². The molecular weight excluding hydrogens is 485 g/mol. The summed E-state index contributed by atoms with van der Waals surface area (Å²) in [5.41, 5.74) is 2.23. The summed E-state index contributed by atoms with van der Waals surface area (Å²) in [6, 6.07) is 10.6. The van der Waals surface area contributed by atoms with Crippen molar-refractivity contribution in [3.05, 3.63) is 48.3 Å². The van der Waals surface area contributed by atoms with E-state index < -0.39 is 10.8 Å². The molecular formula is C20H30IN5OS. The van der Waals surface area contributed by atoms with Crippen LogP contribution in [0, 0.1) is 0 Å². The van der Waals surface area contributed by atoms with Gasteiger partial charge in [0.1, 0.15) is 0 Å². The summed E-state index contributed by atoms with van der Waals surface area (Å²) in [5, 5.41) is 11.5. The Labute approximate surface area is 187 Å². The van der Waals surface area contributed by atoms with Crippen LogP contribution in [0.3, 0.4) is 0 Å². The Morgan fingerprint density at radius 3 is 2.75 bits per heavy atom. The van der Waals surface area contributed by atoms with Crippen molar-refractivity contribution in [3.63, 3.8) is 0 Å². The lowest BCUT2D eigenvalue weighted by Gasteiger charge is -2.30. The minimum Gasteiger partial charge on any atom is -0.354 e. The molecule has 8 heteroatoms. The van der Waals surface area contributed by atoms with Crippen LogP contribution in [0.4, 0.5) is 0 Å². The zero-order chi connectivity index (χ0) is 19.1. The summed E-state index contributed by atoms with van der Waals surface area (Å²) in [5.74, 6) is 1.55. The molecule has 0 radical (unpaired) electrons. The second-order valence-electron chi connectivity index (χ2n) is 6.84. The van der Waals surface area contributed by atoms with Gasteiger partial charge in [-0.05, 0) is 43.0 Å². The summed E-state index contributed by atoms with van der Waals surface area (Å²) >= 11 is 0. The van der Waals surface area contributed by atoms with Gasteiger partial charge in [0.25, 0.3) is 0 Å². The molecule has 2 aromatic rings. The molecule has 1 aliphatic carbocycles. The van der Waals surface area contributed by atoms with Gasteiger partial charge in [-0.2, -0.15) is 5.10 Å². The molecule has 2 N–H and O–H groups in total. The van der Waals surface area contributed by atoms with Crippen LogP contribution in [0.1, 0.15) is 38.2 Å². The van der Waals surface area contributed by atoms with Gasteiger partial charge in [0.15, 0.2) is 5.96 Å². The molecule has 0 spiro atoms. The second-order valence-corrected chi connectivity index (χ2v) is 8.85. The van der Waals surface area contributed by atoms with Gasteiger partial charge in [-0.3, -0.25) is 9.20 Å². The molecule has 1 saturated carbocycles. The van der Waals surface area contributed by atoms with Crippen molar-refractivity contribution in [3.8, 4) is 5.69 Å². The summed E-state index contributed by atoms with van der Waals surface area (Å²) < 4.78 is 14.0. The van der Waals surface area contributed by atoms with Crippen molar-refractivity contribution < 1.29 is 4.21 Å². The average Bonchev–Trinajstić information content (AvgIpc) is 3.26.